The summed E-state index contributed by atoms with van der Waals surface area (Å²) in [6, 6.07) is 8.37. The number of hydrogen-bond donors (Lipinski definition) is 1. The number of likely N-dealkylation sites (tertiary alicyclic amines) is 1. The molecule has 1 aromatic heterocycles. The van der Waals surface area contributed by atoms with Crippen molar-refractivity contribution in [2.75, 3.05) is 0 Å². The zero-order valence-electron chi connectivity index (χ0n) is 19.4. The lowest BCUT2D eigenvalue weighted by Crippen LogP contribution is -2.39. The Hall–Kier alpha value is -3.29. The van der Waals surface area contributed by atoms with Gasteiger partial charge in [-0.25, -0.2) is 0 Å². The van der Waals surface area contributed by atoms with Gasteiger partial charge < -0.3 is 5.11 Å². The maximum atomic E-state index is 13.7. The fourth-order valence-corrected chi connectivity index (χ4v) is 7.22. The first-order valence-electron chi connectivity index (χ1n) is 11.8. The highest BCUT2D eigenvalue weighted by Crippen LogP contribution is 2.56. The third-order valence-electron chi connectivity index (χ3n) is 7.85. The molecule has 2 amide bonds. The van der Waals surface area contributed by atoms with Gasteiger partial charge in [-0.3, -0.25) is 24.1 Å². The molecule has 3 aliphatic carbocycles. The fourth-order valence-electron chi connectivity index (χ4n) is 6.25. The fraction of sp³-hybridized carbons (Fsp3) is 0.286. The predicted octanol–water partition coefficient (Wildman–Crippen LogP) is 4.74. The second-order valence-electron chi connectivity index (χ2n) is 9.78. The summed E-state index contributed by atoms with van der Waals surface area (Å²) in [6.45, 7) is 1.86. The summed E-state index contributed by atoms with van der Waals surface area (Å²) < 4.78 is 0. The number of nitrogens with zero attached hydrogens (tertiary/aromatic N) is 1. The van der Waals surface area contributed by atoms with Crippen LogP contribution >= 0.6 is 22.9 Å². The van der Waals surface area contributed by atoms with Crippen molar-refractivity contribution in [2.24, 2.45) is 17.8 Å². The van der Waals surface area contributed by atoms with E-state index in [4.69, 9.17) is 11.6 Å². The number of carbonyl (C=O) groups excluding carboxylic acids is 4. The molecule has 0 radical (unpaired) electrons. The molecule has 1 N–H and O–H groups in total. The van der Waals surface area contributed by atoms with Gasteiger partial charge in [0.1, 0.15) is 5.75 Å². The zero-order chi connectivity index (χ0) is 25.3. The van der Waals surface area contributed by atoms with Gasteiger partial charge in [-0.05, 0) is 60.9 Å². The molecule has 4 aliphatic rings. The number of thiophene rings is 1. The molecule has 4 atom stereocenters. The zero-order valence-corrected chi connectivity index (χ0v) is 20.9. The van der Waals surface area contributed by atoms with E-state index in [1.165, 1.54) is 34.4 Å². The minimum atomic E-state index is -0.623. The van der Waals surface area contributed by atoms with E-state index in [2.05, 4.69) is 0 Å². The Bertz CT molecular complexity index is 1450. The molecular formula is C28H22ClNO5S. The number of Topliss-reactive ketones (excluding diaryl/α,β-unsaturated/α-hetero) is 1. The number of benzene rings is 1. The number of fused-ring (bicyclic) bond motifs is 3. The van der Waals surface area contributed by atoms with Gasteiger partial charge in [0.25, 0.3) is 0 Å². The van der Waals surface area contributed by atoms with E-state index < -0.39 is 23.7 Å². The summed E-state index contributed by atoms with van der Waals surface area (Å²) in [5.74, 6) is -2.98. The minimum Gasteiger partial charge on any atom is -0.508 e. The van der Waals surface area contributed by atoms with Crippen LogP contribution in [0, 0.1) is 17.8 Å². The number of phenols is 1. The Morgan fingerprint density at radius 1 is 1.11 bits per heavy atom. The van der Waals surface area contributed by atoms with Crippen molar-refractivity contribution >= 4 is 46.3 Å². The van der Waals surface area contributed by atoms with E-state index in [0.29, 0.717) is 28.7 Å². The van der Waals surface area contributed by atoms with Crippen LogP contribution in [0.4, 0.5) is 0 Å². The first kappa shape index (κ1) is 23.1. The lowest BCUT2D eigenvalue weighted by atomic mass is 9.59. The molecule has 8 heteroatoms. The molecule has 0 bridgehead atoms. The Labute approximate surface area is 216 Å². The second kappa shape index (κ2) is 8.39. The smallest absolute Gasteiger partial charge is 0.234 e. The van der Waals surface area contributed by atoms with Crippen LogP contribution in [0.5, 0.6) is 5.75 Å². The van der Waals surface area contributed by atoms with Gasteiger partial charge >= 0.3 is 0 Å². The van der Waals surface area contributed by atoms with Gasteiger partial charge in [-0.2, -0.15) is 0 Å². The van der Waals surface area contributed by atoms with Crippen LogP contribution in [0.2, 0.25) is 5.02 Å². The van der Waals surface area contributed by atoms with Crippen molar-refractivity contribution in [3.63, 3.8) is 0 Å². The maximum Gasteiger partial charge on any atom is 0.234 e. The predicted molar refractivity (Wildman–Crippen MR) is 134 cm³/mol. The molecule has 182 valence electrons. The van der Waals surface area contributed by atoms with Crippen LogP contribution < -0.4 is 0 Å². The Balaban J connectivity index is 1.47. The van der Waals surface area contributed by atoms with E-state index in [1.54, 1.807) is 13.0 Å². The number of halogens is 1. The number of imide groups is 1. The van der Waals surface area contributed by atoms with Crippen molar-refractivity contribution in [2.45, 2.75) is 32.2 Å². The van der Waals surface area contributed by atoms with E-state index in [-0.39, 0.29) is 47.1 Å². The molecule has 1 fully saturated rings. The van der Waals surface area contributed by atoms with Gasteiger partial charge in [0.05, 0.1) is 18.4 Å². The molecule has 6 rings (SSSR count). The minimum absolute atomic E-state index is 0.00842. The Kier molecular flexibility index (Phi) is 5.39. The molecule has 0 spiro atoms. The van der Waals surface area contributed by atoms with Crippen LogP contribution in [0.15, 0.2) is 70.2 Å². The van der Waals surface area contributed by atoms with Gasteiger partial charge in [0.15, 0.2) is 11.6 Å². The standard InChI is InChI=1S/C28H22ClNO5S/c1-13-9-22(32)20-11-19-16(23(25(20)26(13)33)17-5-4-14(31)10-21(17)29)6-7-18-24(19)28(35)30(27(18)34)12-15-3-2-8-36-15/h2-6,8-10,18-19,23-24,31H,7,11-12H2,1H3/t18-,19+,23+,24-/m0/s1. The summed E-state index contributed by atoms with van der Waals surface area (Å²) >= 11 is 8.06. The lowest BCUT2D eigenvalue weighted by molar-refractivity contribution is -0.140. The van der Waals surface area contributed by atoms with Gasteiger partial charge in [-0.15, -0.1) is 11.3 Å². The van der Waals surface area contributed by atoms with E-state index in [9.17, 15) is 24.3 Å². The van der Waals surface area contributed by atoms with E-state index in [0.717, 1.165) is 10.5 Å². The van der Waals surface area contributed by atoms with Gasteiger partial charge in [0, 0.05) is 32.5 Å². The van der Waals surface area contributed by atoms with Crippen LogP contribution in [-0.2, 0) is 25.7 Å². The second-order valence-corrected chi connectivity index (χ2v) is 11.2. The molecule has 1 aromatic carbocycles. The average Bonchev–Trinajstić information content (AvgIpc) is 3.44. The number of carbonyl (C=O) groups is 4. The Morgan fingerprint density at radius 3 is 2.64 bits per heavy atom. The van der Waals surface area contributed by atoms with Crippen molar-refractivity contribution in [1.29, 1.82) is 0 Å². The van der Waals surface area contributed by atoms with Gasteiger partial charge in [0.2, 0.25) is 11.8 Å². The first-order valence-corrected chi connectivity index (χ1v) is 13.1. The number of phenolic OH excluding ortho intramolecular Hbond substituents is 1. The highest BCUT2D eigenvalue weighted by Gasteiger charge is 2.56. The van der Waals surface area contributed by atoms with Crippen LogP contribution in [-0.4, -0.2) is 33.4 Å². The molecule has 1 saturated heterocycles. The summed E-state index contributed by atoms with van der Waals surface area (Å²) in [4.78, 5) is 55.8. The molecule has 2 heterocycles. The third-order valence-corrected chi connectivity index (χ3v) is 9.03. The van der Waals surface area contributed by atoms with Crippen LogP contribution in [0.3, 0.4) is 0 Å². The number of ketones is 2. The summed E-state index contributed by atoms with van der Waals surface area (Å²) in [7, 11) is 0. The number of hydrogen-bond acceptors (Lipinski definition) is 6. The average molecular weight is 520 g/mol. The highest BCUT2D eigenvalue weighted by atomic mass is 35.5. The SMILES string of the molecule is CC1=CC(=O)C2=C(C1=O)[C@@H](c1ccc(O)cc1Cl)C1=CC[C@@H]3C(=O)N(Cc4cccs4)C(=O)[C@@H]3[C@@H]1C2. The molecular weight excluding hydrogens is 498 g/mol. The summed E-state index contributed by atoms with van der Waals surface area (Å²) in [6.07, 6.45) is 3.94. The normalized spacial score (nSPS) is 27.6. The molecule has 0 saturated carbocycles. The molecule has 2 aromatic rings. The largest absolute Gasteiger partial charge is 0.508 e. The molecule has 0 unspecified atom stereocenters. The van der Waals surface area contributed by atoms with Crippen molar-refractivity contribution in [3.05, 3.63) is 85.6 Å². The summed E-state index contributed by atoms with van der Waals surface area (Å²) in [5.41, 5.74) is 2.58. The molecule has 1 aliphatic heterocycles. The quantitative estimate of drug-likeness (QED) is 0.359. The van der Waals surface area contributed by atoms with Crippen molar-refractivity contribution in [1.82, 2.24) is 4.90 Å². The van der Waals surface area contributed by atoms with Gasteiger partial charge in [-0.1, -0.05) is 35.4 Å². The first-order chi connectivity index (χ1) is 17.3. The number of aromatic hydroxyl groups is 1. The van der Waals surface area contributed by atoms with E-state index in [1.807, 2.05) is 23.6 Å². The monoisotopic (exact) mass is 519 g/mol. The maximum absolute atomic E-state index is 13.7. The number of allylic oxidation sites excluding steroid dienone is 6. The van der Waals surface area contributed by atoms with E-state index >= 15 is 0 Å². The molecule has 6 nitrogen and oxygen atoms in total. The van der Waals surface area contributed by atoms with Crippen LogP contribution in [0.1, 0.15) is 36.1 Å². The third kappa shape index (κ3) is 3.37. The topological polar surface area (TPSA) is 91.8 Å². The summed E-state index contributed by atoms with van der Waals surface area (Å²) in [5, 5.41) is 12.1. The highest BCUT2D eigenvalue weighted by molar-refractivity contribution is 7.09. The number of amides is 2. The molecule has 36 heavy (non-hydrogen) atoms. The Morgan fingerprint density at radius 2 is 1.92 bits per heavy atom. The van der Waals surface area contributed by atoms with Crippen molar-refractivity contribution in [3.8, 4) is 5.75 Å². The number of rotatable bonds is 3. The van der Waals surface area contributed by atoms with Crippen LogP contribution in [0.25, 0.3) is 0 Å². The van der Waals surface area contributed by atoms with Crippen molar-refractivity contribution < 1.29 is 24.3 Å². The lowest BCUT2D eigenvalue weighted by Gasteiger charge is -2.42.